The number of nitrogens with zero attached hydrogens (tertiary/aromatic N) is 2. The second-order valence-electron chi connectivity index (χ2n) is 4.33. The average Bonchev–Trinajstić information content (AvgIpc) is 2.69. The van der Waals surface area contributed by atoms with Gasteiger partial charge in [0.15, 0.2) is 0 Å². The van der Waals surface area contributed by atoms with Crippen LogP contribution in [0.5, 0.6) is 0 Å². The van der Waals surface area contributed by atoms with Gasteiger partial charge in [-0.15, -0.1) is 0 Å². The normalized spacial score (nSPS) is 10.9. The Hall–Kier alpha value is -2.09. The van der Waals surface area contributed by atoms with Gasteiger partial charge >= 0.3 is 0 Å². The zero-order valence-electron chi connectivity index (χ0n) is 10.0. The van der Waals surface area contributed by atoms with Crippen molar-refractivity contribution in [3.8, 4) is 5.69 Å². The molecule has 2 heteroatoms. The lowest BCUT2D eigenvalue weighted by molar-refractivity contribution is 0.966. The third kappa shape index (κ3) is 1.53. The summed E-state index contributed by atoms with van der Waals surface area (Å²) in [5.74, 6) is 0. The molecule has 2 aromatic heterocycles. The first-order chi connectivity index (χ1) is 8.27. The fraction of sp³-hybridized carbons (Fsp3) is 0.133. The number of rotatable bonds is 1. The lowest BCUT2D eigenvalue weighted by Crippen LogP contribution is -2.00. The van der Waals surface area contributed by atoms with Gasteiger partial charge in [0.1, 0.15) is 0 Å². The van der Waals surface area contributed by atoms with E-state index in [0.29, 0.717) is 0 Å². The van der Waals surface area contributed by atoms with Crippen LogP contribution in [0.1, 0.15) is 11.4 Å². The zero-order valence-corrected chi connectivity index (χ0v) is 10.0. The van der Waals surface area contributed by atoms with E-state index in [1.807, 2.05) is 18.5 Å². The molecule has 84 valence electrons. The second-order valence-corrected chi connectivity index (χ2v) is 4.33. The highest BCUT2D eigenvalue weighted by molar-refractivity contribution is 5.89. The van der Waals surface area contributed by atoms with Gasteiger partial charge in [-0.25, -0.2) is 0 Å². The molecule has 0 unspecified atom stereocenters. The number of hydrogen-bond acceptors (Lipinski definition) is 1. The number of aromatic nitrogens is 2. The van der Waals surface area contributed by atoms with Crippen LogP contribution in [-0.4, -0.2) is 9.55 Å². The summed E-state index contributed by atoms with van der Waals surface area (Å²) in [6, 6.07) is 12.6. The largest absolute Gasteiger partial charge is 0.316 e. The number of aryl methyl sites for hydroxylation is 2. The minimum absolute atomic E-state index is 1.16. The Bertz CT molecular complexity index is 655. The van der Waals surface area contributed by atoms with Crippen LogP contribution in [0.15, 0.2) is 48.8 Å². The van der Waals surface area contributed by atoms with Gasteiger partial charge in [0, 0.05) is 28.4 Å². The molecule has 0 aliphatic rings. The van der Waals surface area contributed by atoms with E-state index in [1.165, 1.54) is 22.2 Å². The van der Waals surface area contributed by atoms with Crippen molar-refractivity contribution in [2.24, 2.45) is 0 Å². The third-order valence-electron chi connectivity index (χ3n) is 3.16. The molecule has 0 bridgehead atoms. The maximum atomic E-state index is 4.33. The molecule has 0 atom stereocenters. The van der Waals surface area contributed by atoms with E-state index in [9.17, 15) is 0 Å². The smallest absolute Gasteiger partial charge is 0.0717 e. The van der Waals surface area contributed by atoms with Gasteiger partial charge in [0.2, 0.25) is 0 Å². The summed E-state index contributed by atoms with van der Waals surface area (Å²) in [5, 5.41) is 2.42. The van der Waals surface area contributed by atoms with Gasteiger partial charge in [0.05, 0.1) is 11.9 Å². The highest BCUT2D eigenvalue weighted by Crippen LogP contribution is 2.24. The van der Waals surface area contributed by atoms with Crippen LogP contribution < -0.4 is 0 Å². The Labute approximate surface area is 101 Å². The standard InChI is InChI=1S/C15H14N2/c1-11-7-8-12(2)17(11)15-10-16-9-13-5-3-4-6-14(13)15/h3-10H,1-2H3. The van der Waals surface area contributed by atoms with E-state index in [4.69, 9.17) is 0 Å². The van der Waals surface area contributed by atoms with Crippen molar-refractivity contribution in [1.29, 1.82) is 0 Å². The molecule has 3 rings (SSSR count). The number of benzene rings is 1. The predicted octanol–water partition coefficient (Wildman–Crippen LogP) is 3.64. The van der Waals surface area contributed by atoms with Gasteiger partial charge in [-0.05, 0) is 26.0 Å². The Morgan fingerprint density at radius 2 is 1.59 bits per heavy atom. The van der Waals surface area contributed by atoms with Crippen LogP contribution in [0.4, 0.5) is 0 Å². The fourth-order valence-corrected chi connectivity index (χ4v) is 2.33. The Kier molecular flexibility index (Phi) is 2.22. The van der Waals surface area contributed by atoms with Crippen molar-refractivity contribution < 1.29 is 0 Å². The topological polar surface area (TPSA) is 17.8 Å². The molecule has 3 aromatic rings. The lowest BCUT2D eigenvalue weighted by Gasteiger charge is -2.11. The van der Waals surface area contributed by atoms with Crippen molar-refractivity contribution >= 4 is 10.8 Å². The van der Waals surface area contributed by atoms with Gasteiger partial charge in [0.25, 0.3) is 0 Å². The molecule has 0 aliphatic carbocycles. The molecule has 0 N–H and O–H groups in total. The summed E-state index contributed by atoms with van der Waals surface area (Å²) in [5.41, 5.74) is 3.63. The van der Waals surface area contributed by atoms with Gasteiger partial charge in [-0.3, -0.25) is 4.98 Å². The summed E-state index contributed by atoms with van der Waals surface area (Å²) in [7, 11) is 0. The molecule has 0 saturated carbocycles. The summed E-state index contributed by atoms with van der Waals surface area (Å²) < 4.78 is 2.25. The summed E-state index contributed by atoms with van der Waals surface area (Å²) in [6.45, 7) is 4.24. The van der Waals surface area contributed by atoms with E-state index in [2.05, 4.69) is 53.7 Å². The molecule has 0 fully saturated rings. The Morgan fingerprint density at radius 3 is 2.35 bits per heavy atom. The molecule has 17 heavy (non-hydrogen) atoms. The minimum Gasteiger partial charge on any atom is -0.316 e. The highest BCUT2D eigenvalue weighted by atomic mass is 15.0. The van der Waals surface area contributed by atoms with Gasteiger partial charge in [-0.1, -0.05) is 24.3 Å². The van der Waals surface area contributed by atoms with Crippen molar-refractivity contribution in [3.05, 3.63) is 60.2 Å². The fourth-order valence-electron chi connectivity index (χ4n) is 2.33. The predicted molar refractivity (Wildman–Crippen MR) is 70.5 cm³/mol. The van der Waals surface area contributed by atoms with Crippen molar-refractivity contribution in [1.82, 2.24) is 9.55 Å². The SMILES string of the molecule is Cc1ccc(C)n1-c1cncc2ccccc12. The van der Waals surface area contributed by atoms with Crippen molar-refractivity contribution in [2.75, 3.05) is 0 Å². The summed E-state index contributed by atoms with van der Waals surface area (Å²) in [6.07, 6.45) is 3.84. The first-order valence-corrected chi connectivity index (χ1v) is 5.75. The lowest BCUT2D eigenvalue weighted by atomic mass is 10.1. The second kappa shape index (κ2) is 3.74. The van der Waals surface area contributed by atoms with E-state index >= 15 is 0 Å². The molecule has 2 heterocycles. The molecular weight excluding hydrogens is 208 g/mol. The highest BCUT2D eigenvalue weighted by Gasteiger charge is 2.07. The first kappa shape index (κ1) is 10.1. The van der Waals surface area contributed by atoms with Crippen molar-refractivity contribution in [2.45, 2.75) is 13.8 Å². The minimum atomic E-state index is 1.16. The molecule has 0 radical (unpaired) electrons. The molecular formula is C15H14N2. The first-order valence-electron chi connectivity index (χ1n) is 5.75. The van der Waals surface area contributed by atoms with Gasteiger partial charge < -0.3 is 4.57 Å². The molecule has 0 spiro atoms. The number of hydrogen-bond donors (Lipinski definition) is 0. The Morgan fingerprint density at radius 1 is 0.882 bits per heavy atom. The molecule has 0 amide bonds. The van der Waals surface area contributed by atoms with Crippen molar-refractivity contribution in [3.63, 3.8) is 0 Å². The van der Waals surface area contributed by atoms with E-state index in [1.54, 1.807) is 0 Å². The van der Waals surface area contributed by atoms with Gasteiger partial charge in [-0.2, -0.15) is 0 Å². The van der Waals surface area contributed by atoms with Crippen LogP contribution in [0.2, 0.25) is 0 Å². The summed E-state index contributed by atoms with van der Waals surface area (Å²) in [4.78, 5) is 4.33. The van der Waals surface area contributed by atoms with E-state index in [0.717, 1.165) is 5.69 Å². The summed E-state index contributed by atoms with van der Waals surface area (Å²) >= 11 is 0. The molecule has 0 aliphatic heterocycles. The monoisotopic (exact) mass is 222 g/mol. The third-order valence-corrected chi connectivity index (χ3v) is 3.16. The zero-order chi connectivity index (χ0) is 11.8. The Balaban J connectivity index is 2.38. The number of pyridine rings is 1. The quantitative estimate of drug-likeness (QED) is 0.614. The number of fused-ring (bicyclic) bond motifs is 1. The molecule has 1 aromatic carbocycles. The molecule has 0 saturated heterocycles. The van der Waals surface area contributed by atoms with E-state index in [-0.39, 0.29) is 0 Å². The van der Waals surface area contributed by atoms with Crippen LogP contribution >= 0.6 is 0 Å². The van der Waals surface area contributed by atoms with Crippen LogP contribution in [0.3, 0.4) is 0 Å². The van der Waals surface area contributed by atoms with Crippen LogP contribution in [0.25, 0.3) is 16.5 Å². The van der Waals surface area contributed by atoms with Crippen LogP contribution in [-0.2, 0) is 0 Å². The maximum absolute atomic E-state index is 4.33. The maximum Gasteiger partial charge on any atom is 0.0717 e. The van der Waals surface area contributed by atoms with Crippen LogP contribution in [0, 0.1) is 13.8 Å². The van der Waals surface area contributed by atoms with E-state index < -0.39 is 0 Å². The average molecular weight is 222 g/mol. The molecule has 2 nitrogen and oxygen atoms in total.